The third-order valence-electron chi connectivity index (χ3n) is 5.61. The van der Waals surface area contributed by atoms with E-state index < -0.39 is 38.4 Å². The second kappa shape index (κ2) is 8.04. The van der Waals surface area contributed by atoms with Gasteiger partial charge >= 0.3 is 0 Å². The van der Waals surface area contributed by atoms with E-state index in [0.717, 1.165) is 18.4 Å². The number of nitrogens with one attached hydrogen (secondary N) is 1. The summed E-state index contributed by atoms with van der Waals surface area (Å²) in [6.07, 6.45) is 0.582. The zero-order chi connectivity index (χ0) is 23.1. The lowest BCUT2D eigenvalue weighted by Crippen LogP contribution is -2.50. The van der Waals surface area contributed by atoms with E-state index in [1.54, 1.807) is 0 Å². The number of likely N-dealkylation sites (N-methyl/N-ethyl adjacent to an activating group) is 1. The SMILES string of the molecule is CN1CCn2c(nc(CC(=O)NCc3ccc(F)cc3S(C)(=O)=O)c(O)c2=O)C1(C)C. The molecule has 2 N–H and O–H groups in total. The lowest BCUT2D eigenvalue weighted by molar-refractivity contribution is -0.120. The maximum atomic E-state index is 13.5. The van der Waals surface area contributed by atoms with Crippen molar-refractivity contribution in [3.63, 3.8) is 0 Å². The molecule has 31 heavy (non-hydrogen) atoms. The smallest absolute Gasteiger partial charge is 0.296 e. The first-order chi connectivity index (χ1) is 14.3. The van der Waals surface area contributed by atoms with Gasteiger partial charge in [0.15, 0.2) is 9.84 Å². The van der Waals surface area contributed by atoms with E-state index in [0.29, 0.717) is 18.9 Å². The van der Waals surface area contributed by atoms with Gasteiger partial charge in [0.2, 0.25) is 11.7 Å². The summed E-state index contributed by atoms with van der Waals surface area (Å²) < 4.78 is 38.6. The molecule has 0 aliphatic carbocycles. The number of hydrogen-bond acceptors (Lipinski definition) is 7. The minimum atomic E-state index is -3.70. The van der Waals surface area contributed by atoms with Crippen molar-refractivity contribution in [3.05, 3.63) is 51.5 Å². The fraction of sp³-hybridized carbons (Fsp3) is 0.450. The third-order valence-corrected chi connectivity index (χ3v) is 6.79. The Balaban J connectivity index is 1.84. The minimum absolute atomic E-state index is 0.0560. The summed E-state index contributed by atoms with van der Waals surface area (Å²) in [6.45, 7) is 4.61. The number of hydrogen-bond donors (Lipinski definition) is 2. The van der Waals surface area contributed by atoms with Gasteiger partial charge in [0.25, 0.3) is 5.56 Å². The number of rotatable bonds is 5. The number of nitrogens with zero attached hydrogens (tertiary/aromatic N) is 3. The Kier molecular flexibility index (Phi) is 5.94. The number of benzene rings is 1. The maximum absolute atomic E-state index is 13.5. The van der Waals surface area contributed by atoms with Crippen molar-refractivity contribution in [2.24, 2.45) is 0 Å². The van der Waals surface area contributed by atoms with Crippen LogP contribution in [0.1, 0.15) is 30.9 Å². The van der Waals surface area contributed by atoms with Crippen LogP contribution in [-0.4, -0.2) is 53.7 Å². The van der Waals surface area contributed by atoms with Crippen LogP contribution >= 0.6 is 0 Å². The van der Waals surface area contributed by atoms with Crippen LogP contribution in [0.3, 0.4) is 0 Å². The Labute approximate surface area is 179 Å². The predicted molar refractivity (Wildman–Crippen MR) is 111 cm³/mol. The molecule has 3 rings (SSSR count). The molecule has 11 heteroatoms. The second-order valence-electron chi connectivity index (χ2n) is 8.15. The Morgan fingerprint density at radius 1 is 1.32 bits per heavy atom. The molecular formula is C20H25FN4O5S. The summed E-state index contributed by atoms with van der Waals surface area (Å²) in [5.74, 6) is -1.41. The summed E-state index contributed by atoms with van der Waals surface area (Å²) in [7, 11) is -1.80. The quantitative estimate of drug-likeness (QED) is 0.679. The van der Waals surface area contributed by atoms with Gasteiger partial charge in [0, 0.05) is 25.9 Å². The maximum Gasteiger partial charge on any atom is 0.296 e. The molecule has 0 atom stereocenters. The van der Waals surface area contributed by atoms with E-state index in [9.17, 15) is 27.5 Å². The largest absolute Gasteiger partial charge is 0.502 e. The molecule has 9 nitrogen and oxygen atoms in total. The number of aromatic hydroxyl groups is 1. The molecule has 0 radical (unpaired) electrons. The number of carbonyl (C=O) groups is 1. The molecule has 2 heterocycles. The highest BCUT2D eigenvalue weighted by Crippen LogP contribution is 2.29. The molecular weight excluding hydrogens is 427 g/mol. The van der Waals surface area contributed by atoms with Crippen molar-refractivity contribution < 1.29 is 22.7 Å². The molecule has 0 unspecified atom stereocenters. The summed E-state index contributed by atoms with van der Waals surface area (Å²) >= 11 is 0. The van der Waals surface area contributed by atoms with Gasteiger partial charge in [0.05, 0.1) is 22.5 Å². The van der Waals surface area contributed by atoms with E-state index in [-0.39, 0.29) is 29.1 Å². The van der Waals surface area contributed by atoms with Crippen molar-refractivity contribution in [2.75, 3.05) is 19.8 Å². The van der Waals surface area contributed by atoms with Crippen molar-refractivity contribution >= 4 is 15.7 Å². The van der Waals surface area contributed by atoms with Gasteiger partial charge < -0.3 is 10.4 Å². The topological polar surface area (TPSA) is 122 Å². The van der Waals surface area contributed by atoms with E-state index in [1.165, 1.54) is 10.6 Å². The highest BCUT2D eigenvalue weighted by molar-refractivity contribution is 7.90. The van der Waals surface area contributed by atoms with Gasteiger partial charge in [-0.15, -0.1) is 0 Å². The van der Waals surface area contributed by atoms with Crippen molar-refractivity contribution in [3.8, 4) is 5.75 Å². The summed E-state index contributed by atoms with van der Waals surface area (Å²) in [5.41, 5.74) is -1.01. The van der Waals surface area contributed by atoms with Gasteiger partial charge in [-0.05, 0) is 38.6 Å². The van der Waals surface area contributed by atoms with Gasteiger partial charge in [-0.2, -0.15) is 0 Å². The van der Waals surface area contributed by atoms with Crippen LogP contribution in [0, 0.1) is 5.82 Å². The standard InChI is InChI=1S/C20H25FN4O5S/c1-20(2)19-23-14(17(27)18(28)25(19)8-7-24(20)3)10-16(26)22-11-12-5-6-13(21)9-15(12)31(4,29)30/h5-6,9,27H,7-8,10-11H2,1-4H3,(H,22,26). The van der Waals surface area contributed by atoms with Crippen LogP contribution < -0.4 is 10.9 Å². The van der Waals surface area contributed by atoms with Crippen molar-refractivity contribution in [1.29, 1.82) is 0 Å². The highest BCUT2D eigenvalue weighted by atomic mass is 32.2. The number of carbonyl (C=O) groups excluding carboxylic acids is 1. The monoisotopic (exact) mass is 452 g/mol. The first kappa shape index (κ1) is 22.9. The molecule has 1 amide bonds. The molecule has 1 aliphatic rings. The van der Waals surface area contributed by atoms with Crippen LogP contribution in [0.4, 0.5) is 4.39 Å². The van der Waals surface area contributed by atoms with Gasteiger partial charge in [-0.3, -0.25) is 19.1 Å². The molecule has 0 fully saturated rings. The molecule has 0 bridgehead atoms. The molecule has 2 aromatic rings. The number of aromatic nitrogens is 2. The van der Waals surface area contributed by atoms with Crippen LogP contribution in [0.15, 0.2) is 27.9 Å². The average Bonchev–Trinajstić information content (AvgIpc) is 2.67. The Hall–Kier alpha value is -2.79. The van der Waals surface area contributed by atoms with Crippen LogP contribution in [0.5, 0.6) is 5.75 Å². The number of halogens is 1. The zero-order valence-corrected chi connectivity index (χ0v) is 18.6. The number of fused-ring (bicyclic) bond motifs is 1. The highest BCUT2D eigenvalue weighted by Gasteiger charge is 2.36. The van der Waals surface area contributed by atoms with Gasteiger partial charge in [-0.25, -0.2) is 17.8 Å². The summed E-state index contributed by atoms with van der Waals surface area (Å²) in [4.78, 5) is 31.3. The normalized spacial score (nSPS) is 16.0. The van der Waals surface area contributed by atoms with E-state index in [1.807, 2.05) is 25.8 Å². The second-order valence-corrected chi connectivity index (χ2v) is 10.1. The lowest BCUT2D eigenvalue weighted by atomic mass is 9.99. The van der Waals surface area contributed by atoms with Crippen molar-refractivity contribution in [1.82, 2.24) is 19.8 Å². The molecule has 1 aliphatic heterocycles. The third kappa shape index (κ3) is 4.47. The molecule has 0 spiro atoms. The first-order valence-electron chi connectivity index (χ1n) is 9.62. The van der Waals surface area contributed by atoms with Crippen molar-refractivity contribution in [2.45, 2.75) is 43.8 Å². The molecule has 0 saturated carbocycles. The fourth-order valence-electron chi connectivity index (χ4n) is 3.51. The van der Waals surface area contributed by atoms with Crippen LogP contribution in [0.2, 0.25) is 0 Å². The fourth-order valence-corrected chi connectivity index (χ4v) is 4.46. The molecule has 168 valence electrons. The molecule has 1 aromatic carbocycles. The molecule has 1 aromatic heterocycles. The number of sulfone groups is 1. The zero-order valence-electron chi connectivity index (χ0n) is 17.8. The Morgan fingerprint density at radius 3 is 2.65 bits per heavy atom. The first-order valence-corrected chi connectivity index (χ1v) is 11.5. The predicted octanol–water partition coefficient (Wildman–Crippen LogP) is 0.531. The average molecular weight is 453 g/mol. The minimum Gasteiger partial charge on any atom is -0.502 e. The summed E-state index contributed by atoms with van der Waals surface area (Å²) in [6, 6.07) is 3.28. The van der Waals surface area contributed by atoms with E-state index >= 15 is 0 Å². The Bertz CT molecular complexity index is 1210. The van der Waals surface area contributed by atoms with Gasteiger partial charge in [0.1, 0.15) is 11.6 Å². The summed E-state index contributed by atoms with van der Waals surface area (Å²) in [5, 5.41) is 12.8. The number of amides is 1. The Morgan fingerprint density at radius 2 is 2.00 bits per heavy atom. The lowest BCUT2D eigenvalue weighted by Gasteiger charge is -2.40. The molecule has 0 saturated heterocycles. The van der Waals surface area contributed by atoms with Crippen LogP contribution in [0.25, 0.3) is 0 Å². The van der Waals surface area contributed by atoms with E-state index in [4.69, 9.17) is 0 Å². The van der Waals surface area contributed by atoms with Crippen LogP contribution in [-0.2, 0) is 39.7 Å². The van der Waals surface area contributed by atoms with Gasteiger partial charge in [-0.1, -0.05) is 6.07 Å². The van der Waals surface area contributed by atoms with E-state index in [2.05, 4.69) is 10.3 Å².